The molecule has 0 fully saturated rings. The van der Waals surface area contributed by atoms with Crippen molar-refractivity contribution in [1.82, 2.24) is 14.5 Å². The molecule has 3 heteroatoms. The van der Waals surface area contributed by atoms with Gasteiger partial charge in [0, 0.05) is 45.0 Å². The van der Waals surface area contributed by atoms with Crippen LogP contribution in [0.2, 0.25) is 0 Å². The fourth-order valence-electron chi connectivity index (χ4n) is 7.52. The Kier molecular flexibility index (Phi) is 5.00. The maximum atomic E-state index is 4.79. The van der Waals surface area contributed by atoms with Crippen molar-refractivity contribution in [3.05, 3.63) is 152 Å². The zero-order valence-corrected chi connectivity index (χ0v) is 24.3. The van der Waals surface area contributed by atoms with Crippen molar-refractivity contribution in [3.63, 3.8) is 0 Å². The topological polar surface area (TPSA) is 30.7 Å². The summed E-state index contributed by atoms with van der Waals surface area (Å²) < 4.78 is 2.47. The van der Waals surface area contributed by atoms with Crippen molar-refractivity contribution in [2.75, 3.05) is 0 Å². The fraction of sp³-hybridized carbons (Fsp3) is 0. The summed E-state index contributed by atoms with van der Waals surface area (Å²) in [6.07, 6.45) is 3.71. The molecule has 0 aliphatic rings. The first-order chi connectivity index (χ1) is 22.3. The molecule has 0 aliphatic heterocycles. The van der Waals surface area contributed by atoms with Crippen molar-refractivity contribution >= 4 is 75.9 Å². The van der Waals surface area contributed by atoms with Crippen LogP contribution in [-0.4, -0.2) is 14.5 Å². The number of pyridine rings is 2. The molecular formula is C42H25N3. The highest BCUT2D eigenvalue weighted by molar-refractivity contribution is 6.36. The average Bonchev–Trinajstić information content (AvgIpc) is 3.46. The highest BCUT2D eigenvalue weighted by Gasteiger charge is 2.21. The van der Waals surface area contributed by atoms with Crippen LogP contribution in [0.25, 0.3) is 92.7 Å². The lowest BCUT2D eigenvalue weighted by atomic mass is 9.92. The Labute approximate surface area is 258 Å². The second-order valence-electron chi connectivity index (χ2n) is 11.8. The normalized spacial score (nSPS) is 12.0. The molecule has 0 N–H and O–H groups in total. The maximum absolute atomic E-state index is 4.79. The minimum atomic E-state index is 0.931. The molecule has 0 aliphatic carbocycles. The van der Waals surface area contributed by atoms with Gasteiger partial charge in [-0.05, 0) is 80.5 Å². The van der Waals surface area contributed by atoms with E-state index in [4.69, 9.17) is 9.97 Å². The molecule has 0 radical (unpaired) electrons. The van der Waals surface area contributed by atoms with E-state index < -0.39 is 0 Å². The molecule has 10 rings (SSSR count). The van der Waals surface area contributed by atoms with Gasteiger partial charge in [0.05, 0.1) is 22.1 Å². The van der Waals surface area contributed by atoms with E-state index in [1.807, 2.05) is 24.5 Å². The lowest BCUT2D eigenvalue weighted by Gasteiger charge is -2.14. The second-order valence-corrected chi connectivity index (χ2v) is 11.8. The average molecular weight is 572 g/mol. The SMILES string of the molecule is c1ccc(-n2c3ccc(-c4cc5cccnc5c5ncccc45)cc3c3c4ccccc4c4ccc5ccccc5c4c32)cc1. The van der Waals surface area contributed by atoms with Gasteiger partial charge < -0.3 is 4.57 Å². The van der Waals surface area contributed by atoms with Crippen LogP contribution in [0.3, 0.4) is 0 Å². The summed E-state index contributed by atoms with van der Waals surface area (Å²) in [5.74, 6) is 0. The number of nitrogens with zero attached hydrogens (tertiary/aromatic N) is 3. The number of rotatable bonds is 2. The first-order valence-electron chi connectivity index (χ1n) is 15.3. The predicted octanol–water partition coefficient (Wildman–Crippen LogP) is 11.0. The van der Waals surface area contributed by atoms with Crippen molar-refractivity contribution in [2.24, 2.45) is 0 Å². The molecule has 0 bridgehead atoms. The highest BCUT2D eigenvalue weighted by atomic mass is 15.0. The van der Waals surface area contributed by atoms with Crippen LogP contribution in [0.15, 0.2) is 152 Å². The number of para-hydroxylation sites is 1. The monoisotopic (exact) mass is 571 g/mol. The molecule has 0 unspecified atom stereocenters. The third-order valence-electron chi connectivity index (χ3n) is 9.41. The van der Waals surface area contributed by atoms with Crippen LogP contribution in [0.5, 0.6) is 0 Å². The van der Waals surface area contributed by atoms with E-state index in [2.05, 4.69) is 132 Å². The van der Waals surface area contributed by atoms with E-state index in [-0.39, 0.29) is 0 Å². The number of hydrogen-bond acceptors (Lipinski definition) is 2. The molecule has 0 atom stereocenters. The highest BCUT2D eigenvalue weighted by Crippen LogP contribution is 2.46. The fourth-order valence-corrected chi connectivity index (χ4v) is 7.52. The van der Waals surface area contributed by atoms with Crippen molar-refractivity contribution in [3.8, 4) is 16.8 Å². The molecule has 45 heavy (non-hydrogen) atoms. The van der Waals surface area contributed by atoms with Gasteiger partial charge in [-0.1, -0.05) is 97.1 Å². The van der Waals surface area contributed by atoms with E-state index >= 15 is 0 Å². The molecule has 3 nitrogen and oxygen atoms in total. The first-order valence-corrected chi connectivity index (χ1v) is 15.3. The molecule has 10 aromatic rings. The molecule has 3 aromatic heterocycles. The third kappa shape index (κ3) is 3.41. The largest absolute Gasteiger partial charge is 0.309 e. The minimum Gasteiger partial charge on any atom is -0.309 e. The first kappa shape index (κ1) is 24.4. The van der Waals surface area contributed by atoms with E-state index in [0.717, 1.165) is 33.1 Å². The van der Waals surface area contributed by atoms with Crippen LogP contribution in [0.1, 0.15) is 0 Å². The molecule has 3 heterocycles. The van der Waals surface area contributed by atoms with Crippen molar-refractivity contribution in [2.45, 2.75) is 0 Å². The van der Waals surface area contributed by atoms with Crippen LogP contribution >= 0.6 is 0 Å². The van der Waals surface area contributed by atoms with E-state index in [1.165, 1.54) is 59.7 Å². The summed E-state index contributed by atoms with van der Waals surface area (Å²) in [5, 5.41) is 12.3. The van der Waals surface area contributed by atoms with Crippen LogP contribution in [-0.2, 0) is 0 Å². The number of hydrogen-bond donors (Lipinski definition) is 0. The molecule has 7 aromatic carbocycles. The zero-order valence-electron chi connectivity index (χ0n) is 24.3. The standard InChI is InChI=1S/C42H25N3/c1-2-12-29(13-3-1)45-37-21-19-27(35-25-28-11-8-22-43-40(28)41-34(35)17-9-23-44-41)24-36(37)39-32-16-7-6-15-31(32)33-20-18-26-10-4-5-14-30(26)38(33)42(39)45/h1-25H. The van der Waals surface area contributed by atoms with Crippen LogP contribution < -0.4 is 0 Å². The van der Waals surface area contributed by atoms with Gasteiger partial charge in [0.2, 0.25) is 0 Å². The summed E-state index contributed by atoms with van der Waals surface area (Å²) in [6, 6.07) is 50.6. The summed E-state index contributed by atoms with van der Waals surface area (Å²) in [4.78, 5) is 9.48. The third-order valence-corrected chi connectivity index (χ3v) is 9.41. The zero-order chi connectivity index (χ0) is 29.5. The van der Waals surface area contributed by atoms with Crippen molar-refractivity contribution < 1.29 is 0 Å². The molecular weight excluding hydrogens is 546 g/mol. The lowest BCUT2D eigenvalue weighted by molar-refractivity contribution is 1.19. The molecule has 0 saturated carbocycles. The molecule has 0 saturated heterocycles. The Balaban J connectivity index is 1.44. The Morgan fingerprint density at radius 3 is 1.98 bits per heavy atom. The van der Waals surface area contributed by atoms with Gasteiger partial charge in [0.1, 0.15) is 0 Å². The lowest BCUT2D eigenvalue weighted by Crippen LogP contribution is -1.95. The summed E-state index contributed by atoms with van der Waals surface area (Å²) in [5.41, 5.74) is 7.78. The number of fused-ring (bicyclic) bond motifs is 13. The van der Waals surface area contributed by atoms with Gasteiger partial charge in [0.15, 0.2) is 0 Å². The molecule has 208 valence electrons. The summed E-state index contributed by atoms with van der Waals surface area (Å²) in [6.45, 7) is 0. The van der Waals surface area contributed by atoms with Crippen molar-refractivity contribution in [1.29, 1.82) is 0 Å². The van der Waals surface area contributed by atoms with E-state index in [0.29, 0.717) is 0 Å². The Bertz CT molecular complexity index is 2810. The molecule has 0 spiro atoms. The predicted molar refractivity (Wildman–Crippen MR) is 189 cm³/mol. The summed E-state index contributed by atoms with van der Waals surface area (Å²) in [7, 11) is 0. The number of aromatic nitrogens is 3. The van der Waals surface area contributed by atoms with Gasteiger partial charge in [-0.25, -0.2) is 0 Å². The Hall–Kier alpha value is -6.06. The molecule has 0 amide bonds. The van der Waals surface area contributed by atoms with Gasteiger partial charge in [-0.3, -0.25) is 9.97 Å². The van der Waals surface area contributed by atoms with Gasteiger partial charge >= 0.3 is 0 Å². The second kappa shape index (κ2) is 9.22. The van der Waals surface area contributed by atoms with Gasteiger partial charge in [-0.2, -0.15) is 0 Å². The number of benzene rings is 7. The summed E-state index contributed by atoms with van der Waals surface area (Å²) >= 11 is 0. The quantitative estimate of drug-likeness (QED) is 0.193. The Morgan fingerprint density at radius 2 is 1.09 bits per heavy atom. The van der Waals surface area contributed by atoms with Gasteiger partial charge in [-0.15, -0.1) is 0 Å². The maximum Gasteiger partial charge on any atom is 0.0970 e. The van der Waals surface area contributed by atoms with E-state index in [1.54, 1.807) is 0 Å². The van der Waals surface area contributed by atoms with Crippen LogP contribution in [0, 0.1) is 0 Å². The smallest absolute Gasteiger partial charge is 0.0970 e. The minimum absolute atomic E-state index is 0.931. The van der Waals surface area contributed by atoms with E-state index in [9.17, 15) is 0 Å². The van der Waals surface area contributed by atoms with Gasteiger partial charge in [0.25, 0.3) is 0 Å². The Morgan fingerprint density at radius 1 is 0.422 bits per heavy atom. The van der Waals surface area contributed by atoms with Crippen LogP contribution in [0.4, 0.5) is 0 Å².